The fraction of sp³-hybridized carbons (Fsp3) is 0.467. The third kappa shape index (κ3) is 2.22. The lowest BCUT2D eigenvalue weighted by atomic mass is 9.95. The SMILES string of the molecule is OCc1ccc(OCC2C[C@@H]3C=C[C@H]2C3)cc1. The maximum Gasteiger partial charge on any atom is 0.119 e. The van der Waals surface area contributed by atoms with Gasteiger partial charge in [-0.3, -0.25) is 0 Å². The second kappa shape index (κ2) is 4.53. The molecule has 0 radical (unpaired) electrons. The summed E-state index contributed by atoms with van der Waals surface area (Å²) in [5, 5.41) is 8.95. The number of ether oxygens (including phenoxy) is 1. The van der Waals surface area contributed by atoms with Crippen molar-refractivity contribution in [2.24, 2.45) is 17.8 Å². The number of aliphatic hydroxyl groups excluding tert-OH is 1. The molecule has 0 amide bonds. The van der Waals surface area contributed by atoms with E-state index in [9.17, 15) is 0 Å². The lowest BCUT2D eigenvalue weighted by Crippen LogP contribution is -2.16. The van der Waals surface area contributed by atoms with E-state index in [0.717, 1.165) is 29.8 Å². The summed E-state index contributed by atoms with van der Waals surface area (Å²) >= 11 is 0. The summed E-state index contributed by atoms with van der Waals surface area (Å²) in [6.07, 6.45) is 7.33. The van der Waals surface area contributed by atoms with Crippen LogP contribution in [0.15, 0.2) is 36.4 Å². The first-order valence-electron chi connectivity index (χ1n) is 6.36. The van der Waals surface area contributed by atoms with Crippen molar-refractivity contribution in [2.75, 3.05) is 6.61 Å². The third-order valence-electron chi connectivity index (χ3n) is 3.99. The maximum atomic E-state index is 8.95. The molecule has 2 aliphatic carbocycles. The lowest BCUT2D eigenvalue weighted by Gasteiger charge is -2.18. The number of hydrogen-bond donors (Lipinski definition) is 1. The Morgan fingerprint density at radius 1 is 1.12 bits per heavy atom. The molecule has 1 saturated carbocycles. The van der Waals surface area contributed by atoms with Gasteiger partial charge in [0.1, 0.15) is 5.75 Å². The van der Waals surface area contributed by atoms with E-state index in [1.165, 1.54) is 12.8 Å². The average molecular weight is 230 g/mol. The minimum absolute atomic E-state index is 0.0947. The third-order valence-corrected chi connectivity index (χ3v) is 3.99. The molecule has 17 heavy (non-hydrogen) atoms. The van der Waals surface area contributed by atoms with E-state index < -0.39 is 0 Å². The number of benzene rings is 1. The Balaban J connectivity index is 1.55. The van der Waals surface area contributed by atoms with Crippen molar-refractivity contribution in [2.45, 2.75) is 19.4 Å². The molecular formula is C15H18O2. The highest BCUT2D eigenvalue weighted by Crippen LogP contribution is 2.43. The molecule has 3 rings (SSSR count). The summed E-state index contributed by atoms with van der Waals surface area (Å²) in [7, 11) is 0. The van der Waals surface area contributed by atoms with E-state index >= 15 is 0 Å². The Kier molecular flexibility index (Phi) is 2.89. The predicted molar refractivity (Wildman–Crippen MR) is 66.7 cm³/mol. The summed E-state index contributed by atoms with van der Waals surface area (Å²) < 4.78 is 5.83. The highest BCUT2D eigenvalue weighted by atomic mass is 16.5. The van der Waals surface area contributed by atoms with Crippen LogP contribution in [0, 0.1) is 17.8 Å². The summed E-state index contributed by atoms with van der Waals surface area (Å²) in [5.74, 6) is 3.17. The van der Waals surface area contributed by atoms with Crippen LogP contribution in [0.3, 0.4) is 0 Å². The van der Waals surface area contributed by atoms with Crippen molar-refractivity contribution in [1.82, 2.24) is 0 Å². The van der Waals surface area contributed by atoms with Gasteiger partial charge in [-0.15, -0.1) is 0 Å². The van der Waals surface area contributed by atoms with Crippen LogP contribution in [0.5, 0.6) is 5.75 Å². The van der Waals surface area contributed by atoms with Gasteiger partial charge in [-0.2, -0.15) is 0 Å². The summed E-state index contributed by atoms with van der Waals surface area (Å²) in [5.41, 5.74) is 0.931. The molecule has 0 heterocycles. The van der Waals surface area contributed by atoms with Crippen LogP contribution in [0.4, 0.5) is 0 Å². The van der Waals surface area contributed by atoms with E-state index in [1.807, 2.05) is 24.3 Å². The summed E-state index contributed by atoms with van der Waals surface area (Å²) in [6, 6.07) is 7.70. The monoisotopic (exact) mass is 230 g/mol. The first-order valence-corrected chi connectivity index (χ1v) is 6.36. The van der Waals surface area contributed by atoms with Crippen LogP contribution in [-0.4, -0.2) is 11.7 Å². The molecule has 1 N–H and O–H groups in total. The molecule has 1 aromatic carbocycles. The van der Waals surface area contributed by atoms with Crippen LogP contribution in [0.25, 0.3) is 0 Å². The van der Waals surface area contributed by atoms with E-state index in [4.69, 9.17) is 9.84 Å². The molecular weight excluding hydrogens is 212 g/mol. The first kappa shape index (κ1) is 10.8. The van der Waals surface area contributed by atoms with Gasteiger partial charge >= 0.3 is 0 Å². The maximum absolute atomic E-state index is 8.95. The van der Waals surface area contributed by atoms with Gasteiger partial charge in [-0.1, -0.05) is 24.3 Å². The quantitative estimate of drug-likeness (QED) is 0.806. The normalized spacial score (nSPS) is 29.8. The minimum Gasteiger partial charge on any atom is -0.493 e. The molecule has 0 aliphatic heterocycles. The number of fused-ring (bicyclic) bond motifs is 2. The second-order valence-electron chi connectivity index (χ2n) is 5.15. The van der Waals surface area contributed by atoms with Crippen molar-refractivity contribution in [3.05, 3.63) is 42.0 Å². The van der Waals surface area contributed by atoms with Crippen LogP contribution in [0.1, 0.15) is 18.4 Å². The van der Waals surface area contributed by atoms with Gasteiger partial charge < -0.3 is 9.84 Å². The molecule has 0 spiro atoms. The fourth-order valence-corrected chi connectivity index (χ4v) is 2.98. The van der Waals surface area contributed by atoms with Gasteiger partial charge in [0.2, 0.25) is 0 Å². The fourth-order valence-electron chi connectivity index (χ4n) is 2.98. The Bertz CT molecular complexity index is 407. The van der Waals surface area contributed by atoms with Crippen molar-refractivity contribution in [1.29, 1.82) is 0 Å². The van der Waals surface area contributed by atoms with Crippen LogP contribution in [-0.2, 0) is 6.61 Å². The van der Waals surface area contributed by atoms with E-state index in [2.05, 4.69) is 12.2 Å². The zero-order chi connectivity index (χ0) is 11.7. The summed E-state index contributed by atoms with van der Waals surface area (Å²) in [6.45, 7) is 0.918. The van der Waals surface area contributed by atoms with Crippen LogP contribution < -0.4 is 4.74 Å². The molecule has 1 unspecified atom stereocenters. The largest absolute Gasteiger partial charge is 0.493 e. The zero-order valence-corrected chi connectivity index (χ0v) is 9.88. The summed E-state index contributed by atoms with van der Waals surface area (Å²) in [4.78, 5) is 0. The lowest BCUT2D eigenvalue weighted by molar-refractivity contribution is 0.227. The highest BCUT2D eigenvalue weighted by Gasteiger charge is 2.35. The number of aliphatic hydroxyl groups is 1. The Morgan fingerprint density at radius 2 is 1.94 bits per heavy atom. The van der Waals surface area contributed by atoms with Gasteiger partial charge in [0.25, 0.3) is 0 Å². The molecule has 90 valence electrons. The highest BCUT2D eigenvalue weighted by molar-refractivity contribution is 5.26. The predicted octanol–water partition coefficient (Wildman–Crippen LogP) is 2.77. The Morgan fingerprint density at radius 3 is 2.53 bits per heavy atom. The van der Waals surface area contributed by atoms with E-state index in [-0.39, 0.29) is 6.61 Å². The van der Waals surface area contributed by atoms with Gasteiger partial charge in [0, 0.05) is 0 Å². The number of hydrogen-bond acceptors (Lipinski definition) is 2. The van der Waals surface area contributed by atoms with Crippen LogP contribution >= 0.6 is 0 Å². The van der Waals surface area contributed by atoms with Crippen molar-refractivity contribution >= 4 is 0 Å². The zero-order valence-electron chi connectivity index (χ0n) is 9.88. The molecule has 2 bridgehead atoms. The Labute approximate surface area is 102 Å². The van der Waals surface area contributed by atoms with E-state index in [1.54, 1.807) is 0 Å². The second-order valence-corrected chi connectivity index (χ2v) is 5.15. The van der Waals surface area contributed by atoms with Crippen molar-refractivity contribution < 1.29 is 9.84 Å². The van der Waals surface area contributed by atoms with Crippen LogP contribution in [0.2, 0.25) is 0 Å². The number of rotatable bonds is 4. The smallest absolute Gasteiger partial charge is 0.119 e. The molecule has 1 fully saturated rings. The molecule has 0 aromatic heterocycles. The van der Waals surface area contributed by atoms with Gasteiger partial charge in [0.05, 0.1) is 13.2 Å². The number of allylic oxidation sites excluding steroid dienone is 2. The van der Waals surface area contributed by atoms with E-state index in [0.29, 0.717) is 5.92 Å². The van der Waals surface area contributed by atoms with Gasteiger partial charge in [0.15, 0.2) is 0 Å². The molecule has 2 nitrogen and oxygen atoms in total. The minimum atomic E-state index is 0.0947. The topological polar surface area (TPSA) is 29.5 Å². The molecule has 1 aromatic rings. The molecule has 2 heteroatoms. The molecule has 3 atom stereocenters. The first-order chi connectivity index (χ1) is 8.35. The van der Waals surface area contributed by atoms with Crippen molar-refractivity contribution in [3.8, 4) is 5.75 Å². The van der Waals surface area contributed by atoms with Gasteiger partial charge in [-0.25, -0.2) is 0 Å². The molecule has 2 aliphatic rings. The standard InChI is InChI=1S/C15H18O2/c16-9-11-2-5-15(6-3-11)17-10-14-8-12-1-4-13(14)7-12/h1-6,12-14,16H,7-10H2/t12-,13+,14?/m1/s1. The Hall–Kier alpha value is -1.28. The van der Waals surface area contributed by atoms with Crippen molar-refractivity contribution in [3.63, 3.8) is 0 Å². The van der Waals surface area contributed by atoms with Gasteiger partial charge in [-0.05, 0) is 48.3 Å². The molecule has 0 saturated heterocycles. The average Bonchev–Trinajstić information content (AvgIpc) is 2.99.